The second kappa shape index (κ2) is 19.7. The number of benzene rings is 5. The van der Waals surface area contributed by atoms with Gasteiger partial charge < -0.3 is 33.9 Å². The number of hydrogen-bond donors (Lipinski definition) is 2. The van der Waals surface area contributed by atoms with Crippen LogP contribution in [0.15, 0.2) is 168 Å². The summed E-state index contributed by atoms with van der Waals surface area (Å²) in [5, 5.41) is 0. The molecule has 0 amide bonds. The molecule has 0 atom stereocenters. The van der Waals surface area contributed by atoms with Gasteiger partial charge in [0.1, 0.15) is 22.0 Å². The Hall–Kier alpha value is -7.18. The maximum Gasteiger partial charge on any atom is 0.374 e. The average Bonchev–Trinajstić information content (AvgIpc) is 4.01. The number of rotatable bonds is 11. The van der Waals surface area contributed by atoms with E-state index in [2.05, 4.69) is 19.9 Å². The predicted molar refractivity (Wildman–Crippen MR) is 240 cm³/mol. The van der Waals surface area contributed by atoms with Crippen LogP contribution in [-0.4, -0.2) is 63.9 Å². The average molecular weight is 885 g/mol. The van der Waals surface area contributed by atoms with Crippen LogP contribution in [0.2, 0.25) is 0 Å². The van der Waals surface area contributed by atoms with E-state index in [1.54, 1.807) is 33.8 Å². The van der Waals surface area contributed by atoms with Gasteiger partial charge in [0.15, 0.2) is 23.8 Å². The first-order valence-electron chi connectivity index (χ1n) is 19.7. The van der Waals surface area contributed by atoms with Crippen LogP contribution in [0.25, 0.3) is 50.6 Å². The second-order valence-electron chi connectivity index (χ2n) is 14.0. The van der Waals surface area contributed by atoms with Gasteiger partial charge in [0.25, 0.3) is 5.52 Å². The van der Waals surface area contributed by atoms with E-state index in [9.17, 15) is 25.9 Å². The molecule has 0 fully saturated rings. The van der Waals surface area contributed by atoms with Crippen LogP contribution < -0.4 is 19.9 Å². The van der Waals surface area contributed by atoms with Crippen molar-refractivity contribution in [3.63, 3.8) is 0 Å². The lowest BCUT2D eigenvalue weighted by molar-refractivity contribution is -0.673. The number of nitrogens with one attached hydrogen (secondary N) is 1. The number of H-pyrrole nitrogens is 1. The SMILES string of the molecule is CCC(=C/c1oc2ccc(-c3ccccc3)cc2[n+]1CCS(=O)(=O)[O-])/C=C1/Oc2ccc(-c3ccccc3)cc2N1CCS(=O)(=O)[O-].Nc1ncnc2nc[nH]c12.c1ccccc1. The van der Waals surface area contributed by atoms with Gasteiger partial charge in [-0.25, -0.2) is 31.8 Å². The smallest absolute Gasteiger partial charge is 0.374 e. The van der Waals surface area contributed by atoms with Crippen molar-refractivity contribution < 1.29 is 39.7 Å². The molecule has 322 valence electrons. The van der Waals surface area contributed by atoms with Crippen LogP contribution in [0.3, 0.4) is 0 Å². The van der Waals surface area contributed by atoms with Crippen molar-refractivity contribution in [2.75, 3.05) is 28.7 Å². The molecule has 5 aromatic carbocycles. The highest BCUT2D eigenvalue weighted by molar-refractivity contribution is 7.85. The third-order valence-corrected chi connectivity index (χ3v) is 11.1. The molecule has 3 aromatic heterocycles. The molecule has 4 heterocycles. The first-order valence-corrected chi connectivity index (χ1v) is 22.9. The number of aromatic nitrogens is 5. The molecule has 0 bridgehead atoms. The fourth-order valence-corrected chi connectivity index (χ4v) is 7.45. The van der Waals surface area contributed by atoms with E-state index in [0.29, 0.717) is 63.3 Å². The number of ether oxygens (including phenoxy) is 1. The number of imidazole rings is 1. The van der Waals surface area contributed by atoms with Crippen molar-refractivity contribution >= 4 is 60.1 Å². The maximum atomic E-state index is 11.6. The summed E-state index contributed by atoms with van der Waals surface area (Å²) in [7, 11) is -9.05. The molecule has 0 aliphatic carbocycles. The molecular weight excluding hydrogens is 843 g/mol. The fourth-order valence-electron chi connectivity index (χ4n) is 6.64. The van der Waals surface area contributed by atoms with Crippen LogP contribution in [0.5, 0.6) is 5.75 Å². The zero-order chi connectivity index (χ0) is 44.4. The largest absolute Gasteiger partial charge is 0.748 e. The van der Waals surface area contributed by atoms with Crippen molar-refractivity contribution in [3.8, 4) is 28.0 Å². The number of anilines is 2. The minimum absolute atomic E-state index is 0.131. The molecule has 15 nitrogen and oxygen atoms in total. The number of aromatic amines is 1. The molecule has 1 aliphatic rings. The highest BCUT2D eigenvalue weighted by Crippen LogP contribution is 2.42. The molecule has 0 unspecified atom stereocenters. The van der Waals surface area contributed by atoms with Crippen molar-refractivity contribution in [2.24, 2.45) is 0 Å². The summed E-state index contributed by atoms with van der Waals surface area (Å²) in [6.45, 7) is 1.65. The Morgan fingerprint density at radius 2 is 1.37 bits per heavy atom. The van der Waals surface area contributed by atoms with Gasteiger partial charge >= 0.3 is 5.89 Å². The van der Waals surface area contributed by atoms with E-state index in [-0.39, 0.29) is 13.1 Å². The number of allylic oxidation sites excluding steroid dienone is 2. The molecule has 0 saturated heterocycles. The molecule has 3 N–H and O–H groups in total. The van der Waals surface area contributed by atoms with E-state index in [4.69, 9.17) is 14.9 Å². The molecule has 1 aliphatic heterocycles. The number of oxazole rings is 1. The summed E-state index contributed by atoms with van der Waals surface area (Å²) >= 11 is 0. The third-order valence-electron chi connectivity index (χ3n) is 9.75. The van der Waals surface area contributed by atoms with Crippen LogP contribution in [0.4, 0.5) is 11.5 Å². The third kappa shape index (κ3) is 11.6. The minimum Gasteiger partial charge on any atom is -0.748 e. The molecule has 0 spiro atoms. The monoisotopic (exact) mass is 884 g/mol. The first kappa shape index (κ1) is 43.9. The summed E-state index contributed by atoms with van der Waals surface area (Å²) in [6.07, 6.45) is 6.88. The maximum absolute atomic E-state index is 11.6. The van der Waals surface area contributed by atoms with E-state index in [1.807, 2.05) is 128 Å². The van der Waals surface area contributed by atoms with Crippen LogP contribution >= 0.6 is 0 Å². The number of fused-ring (bicyclic) bond motifs is 3. The molecular formula is C46H42N7O8S2-. The Bertz CT molecular complexity index is 3080. The number of aryl methyl sites for hydroxylation is 1. The molecule has 0 saturated carbocycles. The molecule has 9 rings (SSSR count). The highest BCUT2D eigenvalue weighted by atomic mass is 32.2. The summed E-state index contributed by atoms with van der Waals surface area (Å²) in [5.41, 5.74) is 12.9. The second-order valence-corrected chi connectivity index (χ2v) is 17.1. The molecule has 63 heavy (non-hydrogen) atoms. The van der Waals surface area contributed by atoms with Gasteiger partial charge in [-0.2, -0.15) is 4.57 Å². The topological polar surface area (TPSA) is 224 Å². The number of nitrogens with zero attached hydrogens (tertiary/aromatic N) is 5. The van der Waals surface area contributed by atoms with Crippen molar-refractivity contribution in [3.05, 3.63) is 170 Å². The van der Waals surface area contributed by atoms with Gasteiger partial charge in [-0.1, -0.05) is 116 Å². The van der Waals surface area contributed by atoms with Gasteiger partial charge in [0.2, 0.25) is 11.5 Å². The molecule has 8 aromatic rings. The predicted octanol–water partition coefficient (Wildman–Crippen LogP) is 7.30. The minimum atomic E-state index is -4.53. The zero-order valence-corrected chi connectivity index (χ0v) is 35.6. The first-order chi connectivity index (χ1) is 30.3. The standard InChI is InChI=1S/C35H32N2O8S2.C6H6.C5H5N5/c1-2-25(21-34-36(17-19-46(38,39)40)30-23-28(13-15-32(30)44-34)26-9-5-3-6-10-26)22-35-37(18-20-47(41,42)43)31-24-29(14-16-33(31)45-35)27-11-7-4-8-12-27;1-2-4-6-5-3-1;6-4-3-5(9-1-7-3)10-2-8-4/h3-16,21-24H,2,17-20H2,1H3,(H-,38,39,40,41,42,43);1-6H;1-2H,(H3,6,7,8,9,10)/p-1. The van der Waals surface area contributed by atoms with E-state index < -0.39 is 31.7 Å². The quantitative estimate of drug-likeness (QED) is 0.0962. The van der Waals surface area contributed by atoms with Gasteiger partial charge in [-0.15, -0.1) is 0 Å². The lowest BCUT2D eigenvalue weighted by atomic mass is 10.0. The van der Waals surface area contributed by atoms with E-state index in [1.165, 1.54) is 12.7 Å². The fraction of sp³-hybridized carbons (Fsp3) is 0.130. The Morgan fingerprint density at radius 3 is 1.97 bits per heavy atom. The summed E-state index contributed by atoms with van der Waals surface area (Å²) in [6, 6.07) is 42.5. The van der Waals surface area contributed by atoms with Crippen LogP contribution in [0, 0.1) is 0 Å². The van der Waals surface area contributed by atoms with Crippen molar-refractivity contribution in [1.82, 2.24) is 19.9 Å². The zero-order valence-electron chi connectivity index (χ0n) is 33.9. The normalized spacial score (nSPS) is 13.2. The Balaban J connectivity index is 0.000000307. The lowest BCUT2D eigenvalue weighted by Gasteiger charge is -2.20. The number of nitrogens with two attached hydrogens (primary N) is 1. The number of hydrogen-bond acceptors (Lipinski definition) is 13. The Labute approximate surface area is 364 Å². The van der Waals surface area contributed by atoms with Gasteiger partial charge in [0.05, 0.1) is 39.7 Å². The van der Waals surface area contributed by atoms with Gasteiger partial charge in [-0.3, -0.25) is 0 Å². The Morgan fingerprint density at radius 1 is 0.762 bits per heavy atom. The van der Waals surface area contributed by atoms with Crippen molar-refractivity contribution in [2.45, 2.75) is 19.9 Å². The number of nitrogen functional groups attached to an aromatic ring is 1. The summed E-state index contributed by atoms with van der Waals surface area (Å²) < 4.78 is 83.9. The summed E-state index contributed by atoms with van der Waals surface area (Å²) in [5.74, 6) is 0.303. The van der Waals surface area contributed by atoms with Gasteiger partial charge in [0, 0.05) is 18.7 Å². The van der Waals surface area contributed by atoms with Gasteiger partial charge in [-0.05, 0) is 52.4 Å². The molecule has 0 radical (unpaired) electrons. The van der Waals surface area contributed by atoms with E-state index in [0.717, 1.165) is 22.3 Å². The van der Waals surface area contributed by atoms with Crippen LogP contribution in [-0.2, 0) is 26.8 Å². The Kier molecular flexibility index (Phi) is 13.7. The van der Waals surface area contributed by atoms with E-state index >= 15 is 0 Å². The highest BCUT2D eigenvalue weighted by Gasteiger charge is 2.28. The van der Waals surface area contributed by atoms with Crippen molar-refractivity contribution in [1.29, 1.82) is 0 Å². The lowest BCUT2D eigenvalue weighted by Crippen LogP contribution is -2.38. The summed E-state index contributed by atoms with van der Waals surface area (Å²) in [4.78, 5) is 16.0. The van der Waals surface area contributed by atoms with Crippen LogP contribution in [0.1, 0.15) is 19.2 Å². The molecule has 17 heteroatoms.